The number of fused-ring (bicyclic) bond motifs is 1. The van der Waals surface area contributed by atoms with Crippen LogP contribution in [0.2, 0.25) is 0 Å². The first-order chi connectivity index (χ1) is 16.6. The molecule has 2 heterocycles. The molecule has 0 saturated carbocycles. The molecule has 1 atom stereocenters. The number of nitrogens with zero attached hydrogens (tertiary/aromatic N) is 5. The molecule has 0 saturated heterocycles. The van der Waals surface area contributed by atoms with Gasteiger partial charge in [-0.05, 0) is 49.6 Å². The lowest BCUT2D eigenvalue weighted by Gasteiger charge is -2.16. The van der Waals surface area contributed by atoms with Crippen LogP contribution in [0, 0.1) is 6.92 Å². The molecule has 174 valence electrons. The number of methoxy groups -OCH3 is 2. The van der Waals surface area contributed by atoms with Crippen molar-refractivity contribution in [3.63, 3.8) is 0 Å². The lowest BCUT2D eigenvalue weighted by Crippen LogP contribution is -2.08. The van der Waals surface area contributed by atoms with Gasteiger partial charge in [0.2, 0.25) is 5.95 Å². The second-order valence-electron chi connectivity index (χ2n) is 8.13. The minimum atomic E-state index is 0.188. The smallest absolute Gasteiger partial charge is 0.229 e. The Balaban J connectivity index is 1.48. The van der Waals surface area contributed by atoms with Gasteiger partial charge < -0.3 is 20.1 Å². The van der Waals surface area contributed by atoms with Crippen molar-refractivity contribution in [3.05, 3.63) is 71.4 Å². The molecule has 0 radical (unpaired) electrons. The molecule has 0 spiro atoms. The normalized spacial score (nSPS) is 14.5. The SMILES string of the molecule is CNc1nc(Nc2ccc(-n3cnc(C)n3)c(OC)c2)nc2c1CCC2c1cccc(OC)c1. The fourth-order valence-corrected chi connectivity index (χ4v) is 4.44. The standard InChI is InChI=1S/C25H27N7O2/c1-15-27-14-32(31-15)21-11-8-17(13-22(21)34-4)28-25-29-23-19(9-10-20(23)24(26-2)30-25)16-6-5-7-18(12-16)33-3/h5-8,11-14,19H,9-10H2,1-4H3,(H2,26,28,29,30). The van der Waals surface area contributed by atoms with Crippen LogP contribution in [0.5, 0.6) is 11.5 Å². The van der Waals surface area contributed by atoms with Crippen molar-refractivity contribution < 1.29 is 9.47 Å². The van der Waals surface area contributed by atoms with Crippen molar-refractivity contribution in [2.45, 2.75) is 25.7 Å². The Labute approximate surface area is 198 Å². The maximum atomic E-state index is 5.61. The van der Waals surface area contributed by atoms with E-state index in [1.807, 2.05) is 44.3 Å². The van der Waals surface area contributed by atoms with E-state index in [-0.39, 0.29) is 5.92 Å². The Bertz CT molecular complexity index is 1330. The fourth-order valence-electron chi connectivity index (χ4n) is 4.44. The number of benzene rings is 2. The molecule has 1 aliphatic rings. The van der Waals surface area contributed by atoms with Crippen LogP contribution >= 0.6 is 0 Å². The van der Waals surface area contributed by atoms with Crippen LogP contribution in [0.25, 0.3) is 5.69 Å². The molecule has 1 aliphatic carbocycles. The van der Waals surface area contributed by atoms with Gasteiger partial charge in [0.15, 0.2) is 0 Å². The summed E-state index contributed by atoms with van der Waals surface area (Å²) in [6, 6.07) is 14.0. The largest absolute Gasteiger partial charge is 0.497 e. The molecule has 2 aromatic carbocycles. The average Bonchev–Trinajstić information content (AvgIpc) is 3.49. The van der Waals surface area contributed by atoms with Gasteiger partial charge in [-0.1, -0.05) is 12.1 Å². The summed E-state index contributed by atoms with van der Waals surface area (Å²) >= 11 is 0. The highest BCUT2D eigenvalue weighted by molar-refractivity contribution is 5.64. The Kier molecular flexibility index (Phi) is 5.75. The van der Waals surface area contributed by atoms with Crippen LogP contribution in [0.1, 0.15) is 35.0 Å². The van der Waals surface area contributed by atoms with E-state index in [1.165, 1.54) is 5.56 Å². The Hall–Kier alpha value is -4.14. The summed E-state index contributed by atoms with van der Waals surface area (Å²) < 4.78 is 12.7. The fraction of sp³-hybridized carbons (Fsp3) is 0.280. The molecule has 0 fully saturated rings. The van der Waals surface area contributed by atoms with E-state index in [0.29, 0.717) is 17.5 Å². The van der Waals surface area contributed by atoms with E-state index in [9.17, 15) is 0 Å². The molecule has 2 N–H and O–H groups in total. The summed E-state index contributed by atoms with van der Waals surface area (Å²) in [5, 5.41) is 11.0. The predicted octanol–water partition coefficient (Wildman–Crippen LogP) is 4.25. The molecule has 34 heavy (non-hydrogen) atoms. The molecule has 9 heteroatoms. The Morgan fingerprint density at radius 3 is 2.68 bits per heavy atom. The zero-order valence-electron chi connectivity index (χ0n) is 19.7. The zero-order chi connectivity index (χ0) is 23.7. The molecule has 9 nitrogen and oxygen atoms in total. The van der Waals surface area contributed by atoms with E-state index < -0.39 is 0 Å². The van der Waals surface area contributed by atoms with Gasteiger partial charge in [0, 0.05) is 30.3 Å². The number of ether oxygens (including phenoxy) is 2. The summed E-state index contributed by atoms with van der Waals surface area (Å²) in [5.41, 5.74) is 5.01. The lowest BCUT2D eigenvalue weighted by molar-refractivity contribution is 0.412. The summed E-state index contributed by atoms with van der Waals surface area (Å²) in [4.78, 5) is 13.9. The monoisotopic (exact) mass is 457 g/mol. The maximum absolute atomic E-state index is 5.61. The quantitative estimate of drug-likeness (QED) is 0.425. The minimum absolute atomic E-state index is 0.188. The minimum Gasteiger partial charge on any atom is -0.497 e. The summed E-state index contributed by atoms with van der Waals surface area (Å²) in [5.74, 6) is 3.78. The first kappa shape index (κ1) is 21.7. The number of hydrogen-bond donors (Lipinski definition) is 2. The van der Waals surface area contributed by atoms with Gasteiger partial charge in [0.25, 0.3) is 0 Å². The summed E-state index contributed by atoms with van der Waals surface area (Å²) in [6.07, 6.45) is 3.57. The molecule has 0 bridgehead atoms. The lowest BCUT2D eigenvalue weighted by atomic mass is 9.96. The Morgan fingerprint density at radius 1 is 1.06 bits per heavy atom. The number of aryl methyl sites for hydroxylation is 1. The number of hydrogen-bond acceptors (Lipinski definition) is 8. The van der Waals surface area contributed by atoms with Crippen LogP contribution in [0.4, 0.5) is 17.5 Å². The number of nitrogens with one attached hydrogen (secondary N) is 2. The molecular weight excluding hydrogens is 430 g/mol. The van der Waals surface area contributed by atoms with Gasteiger partial charge >= 0.3 is 0 Å². The van der Waals surface area contributed by atoms with Crippen LogP contribution in [0.3, 0.4) is 0 Å². The van der Waals surface area contributed by atoms with E-state index in [1.54, 1.807) is 25.2 Å². The van der Waals surface area contributed by atoms with Gasteiger partial charge in [0.05, 0.1) is 19.9 Å². The van der Waals surface area contributed by atoms with E-state index in [2.05, 4.69) is 32.8 Å². The first-order valence-corrected chi connectivity index (χ1v) is 11.2. The molecular formula is C25H27N7O2. The second kappa shape index (κ2) is 9.01. The summed E-state index contributed by atoms with van der Waals surface area (Å²) in [6.45, 7) is 1.85. The molecule has 2 aromatic heterocycles. The molecule has 0 amide bonds. The topological polar surface area (TPSA) is 99.0 Å². The van der Waals surface area contributed by atoms with Crippen molar-refractivity contribution in [2.75, 3.05) is 31.9 Å². The maximum Gasteiger partial charge on any atom is 0.229 e. The summed E-state index contributed by atoms with van der Waals surface area (Å²) in [7, 11) is 5.22. The number of anilines is 3. The van der Waals surface area contributed by atoms with Crippen LogP contribution in [0.15, 0.2) is 48.8 Å². The van der Waals surface area contributed by atoms with Gasteiger partial charge in [-0.2, -0.15) is 10.1 Å². The van der Waals surface area contributed by atoms with Crippen molar-refractivity contribution in [3.8, 4) is 17.2 Å². The van der Waals surface area contributed by atoms with Gasteiger partial charge in [-0.15, -0.1) is 0 Å². The Morgan fingerprint density at radius 2 is 1.94 bits per heavy atom. The molecule has 4 aromatic rings. The first-order valence-electron chi connectivity index (χ1n) is 11.2. The van der Waals surface area contributed by atoms with Crippen LogP contribution in [-0.4, -0.2) is 46.0 Å². The number of aromatic nitrogens is 5. The molecule has 0 aliphatic heterocycles. The molecule has 5 rings (SSSR count). The van der Waals surface area contributed by atoms with Gasteiger partial charge in [-0.25, -0.2) is 14.6 Å². The highest BCUT2D eigenvalue weighted by Crippen LogP contribution is 2.41. The van der Waals surface area contributed by atoms with Crippen LogP contribution in [-0.2, 0) is 6.42 Å². The van der Waals surface area contributed by atoms with Gasteiger partial charge in [0.1, 0.15) is 35.2 Å². The third-order valence-electron chi connectivity index (χ3n) is 6.07. The third kappa shape index (κ3) is 4.00. The van der Waals surface area contributed by atoms with E-state index in [4.69, 9.17) is 19.4 Å². The van der Waals surface area contributed by atoms with Crippen LogP contribution < -0.4 is 20.1 Å². The van der Waals surface area contributed by atoms with E-state index in [0.717, 1.165) is 47.0 Å². The average molecular weight is 458 g/mol. The van der Waals surface area contributed by atoms with Crippen molar-refractivity contribution in [1.82, 2.24) is 24.7 Å². The highest BCUT2D eigenvalue weighted by atomic mass is 16.5. The highest BCUT2D eigenvalue weighted by Gasteiger charge is 2.29. The predicted molar refractivity (Wildman–Crippen MR) is 131 cm³/mol. The van der Waals surface area contributed by atoms with E-state index >= 15 is 0 Å². The zero-order valence-corrected chi connectivity index (χ0v) is 19.7. The molecule has 1 unspecified atom stereocenters. The van der Waals surface area contributed by atoms with Gasteiger partial charge in [-0.3, -0.25) is 0 Å². The van der Waals surface area contributed by atoms with Crippen molar-refractivity contribution in [1.29, 1.82) is 0 Å². The van der Waals surface area contributed by atoms with Crippen molar-refractivity contribution >= 4 is 17.5 Å². The number of rotatable bonds is 7. The third-order valence-corrected chi connectivity index (χ3v) is 6.07. The van der Waals surface area contributed by atoms with Crippen molar-refractivity contribution in [2.24, 2.45) is 0 Å². The second-order valence-corrected chi connectivity index (χ2v) is 8.13.